The number of phenols is 2. The molecule has 1 aliphatic carbocycles. The number of hydrogen-bond donors (Lipinski definition) is 3. The molecule has 2 rings (SSSR count). The highest BCUT2D eigenvalue weighted by Gasteiger charge is 2.34. The van der Waals surface area contributed by atoms with E-state index in [1.165, 1.54) is 6.07 Å². The van der Waals surface area contributed by atoms with Gasteiger partial charge in [-0.1, -0.05) is 37.1 Å². The number of allylic oxidation sites excluding steroid dienone is 3. The molecule has 0 unspecified atom stereocenters. The van der Waals surface area contributed by atoms with Gasteiger partial charge in [0.2, 0.25) is 10.0 Å². The zero-order valence-electron chi connectivity index (χ0n) is 17.5. The lowest BCUT2D eigenvalue weighted by Gasteiger charge is -2.32. The molecule has 0 saturated heterocycles. The Kier molecular flexibility index (Phi) is 6.99. The van der Waals surface area contributed by atoms with E-state index >= 15 is 0 Å². The molecule has 2 atom stereocenters. The minimum atomic E-state index is -3.93. The summed E-state index contributed by atoms with van der Waals surface area (Å²) in [6, 6.07) is 1.19. The number of sulfonamides is 1. The first-order valence-electron chi connectivity index (χ1n) is 9.92. The summed E-state index contributed by atoms with van der Waals surface area (Å²) < 4.78 is 28.6. The molecule has 1 aromatic rings. The van der Waals surface area contributed by atoms with E-state index in [1.54, 1.807) is 13.8 Å². The molecule has 0 fully saturated rings. The van der Waals surface area contributed by atoms with Gasteiger partial charge in [0.1, 0.15) is 16.4 Å². The van der Waals surface area contributed by atoms with Crippen molar-refractivity contribution in [2.75, 3.05) is 0 Å². The average molecular weight is 408 g/mol. The molecule has 5 nitrogen and oxygen atoms in total. The summed E-state index contributed by atoms with van der Waals surface area (Å²) in [6.45, 7) is 13.4. The van der Waals surface area contributed by atoms with Crippen LogP contribution in [0.1, 0.15) is 70.9 Å². The van der Waals surface area contributed by atoms with Crippen LogP contribution in [-0.2, 0) is 16.4 Å². The molecule has 1 aromatic carbocycles. The van der Waals surface area contributed by atoms with Crippen LogP contribution in [0.5, 0.6) is 11.5 Å². The van der Waals surface area contributed by atoms with E-state index in [2.05, 4.69) is 11.3 Å². The van der Waals surface area contributed by atoms with Crippen LogP contribution in [0.4, 0.5) is 0 Å². The minimum absolute atomic E-state index is 0.0335. The normalized spacial score (nSPS) is 20.3. The van der Waals surface area contributed by atoms with Gasteiger partial charge in [0, 0.05) is 17.5 Å². The van der Waals surface area contributed by atoms with Crippen molar-refractivity contribution in [3.05, 3.63) is 41.0 Å². The number of benzene rings is 1. The molecule has 0 radical (unpaired) electrons. The summed E-state index contributed by atoms with van der Waals surface area (Å²) in [4.78, 5) is -0.118. The third kappa shape index (κ3) is 4.61. The number of rotatable bonds is 7. The van der Waals surface area contributed by atoms with Crippen LogP contribution < -0.4 is 4.72 Å². The summed E-state index contributed by atoms with van der Waals surface area (Å²) in [5.41, 5.74) is 2.81. The van der Waals surface area contributed by atoms with Crippen LogP contribution in [0.3, 0.4) is 0 Å². The smallest absolute Gasteiger partial charge is 0.244 e. The van der Waals surface area contributed by atoms with Gasteiger partial charge in [-0.25, -0.2) is 13.1 Å². The van der Waals surface area contributed by atoms with Crippen LogP contribution in [0.25, 0.3) is 0 Å². The van der Waals surface area contributed by atoms with Crippen molar-refractivity contribution in [3.63, 3.8) is 0 Å². The maximum atomic E-state index is 13.0. The lowest BCUT2D eigenvalue weighted by Crippen LogP contribution is -2.31. The molecule has 0 amide bonds. The van der Waals surface area contributed by atoms with Crippen LogP contribution in [0.15, 0.2) is 34.8 Å². The maximum absolute atomic E-state index is 13.0. The third-order valence-corrected chi connectivity index (χ3v) is 7.02. The fraction of sp³-hybridized carbons (Fsp3) is 0.545. The Labute approximate surface area is 169 Å². The van der Waals surface area contributed by atoms with E-state index in [1.807, 2.05) is 26.8 Å². The van der Waals surface area contributed by atoms with E-state index in [4.69, 9.17) is 0 Å². The zero-order chi connectivity index (χ0) is 21.2. The summed E-state index contributed by atoms with van der Waals surface area (Å²) in [7, 11) is -3.93. The Morgan fingerprint density at radius 1 is 1.36 bits per heavy atom. The molecule has 0 aromatic heterocycles. The van der Waals surface area contributed by atoms with Gasteiger partial charge in [-0.15, -0.1) is 0 Å². The first kappa shape index (κ1) is 22.5. The summed E-state index contributed by atoms with van der Waals surface area (Å²) in [5, 5.41) is 21.9. The molecule has 0 saturated carbocycles. The van der Waals surface area contributed by atoms with Crippen LogP contribution in [-0.4, -0.2) is 24.7 Å². The molecular weight excluding hydrogens is 374 g/mol. The van der Waals surface area contributed by atoms with Crippen molar-refractivity contribution in [3.8, 4) is 11.5 Å². The molecule has 0 bridgehead atoms. The summed E-state index contributed by atoms with van der Waals surface area (Å²) in [5.74, 6) is -0.688. The second-order valence-corrected chi connectivity index (χ2v) is 9.85. The monoisotopic (exact) mass is 407 g/mol. The minimum Gasteiger partial charge on any atom is -0.507 e. The number of phenolic OH excluding ortho intramolecular Hbond substituents is 2. The molecule has 1 aliphatic rings. The van der Waals surface area contributed by atoms with Crippen molar-refractivity contribution in [2.45, 2.75) is 77.2 Å². The van der Waals surface area contributed by atoms with Gasteiger partial charge < -0.3 is 10.2 Å². The number of hydrogen-bond acceptors (Lipinski definition) is 4. The predicted octanol–water partition coefficient (Wildman–Crippen LogP) is 4.75. The van der Waals surface area contributed by atoms with Crippen molar-refractivity contribution in [1.29, 1.82) is 0 Å². The van der Waals surface area contributed by atoms with Gasteiger partial charge in [-0.2, -0.15) is 0 Å². The Bertz CT molecular complexity index is 884. The second kappa shape index (κ2) is 8.70. The predicted molar refractivity (Wildman–Crippen MR) is 113 cm³/mol. The topological polar surface area (TPSA) is 86.6 Å². The van der Waals surface area contributed by atoms with E-state index in [0.29, 0.717) is 18.4 Å². The van der Waals surface area contributed by atoms with Crippen molar-refractivity contribution in [1.82, 2.24) is 4.72 Å². The summed E-state index contributed by atoms with van der Waals surface area (Å²) >= 11 is 0. The zero-order valence-corrected chi connectivity index (χ0v) is 18.4. The molecular formula is C22H33NO4S. The highest BCUT2D eigenvalue weighted by atomic mass is 32.2. The molecule has 0 aliphatic heterocycles. The van der Waals surface area contributed by atoms with Gasteiger partial charge in [-0.05, 0) is 64.5 Å². The van der Waals surface area contributed by atoms with Gasteiger partial charge in [0.25, 0.3) is 0 Å². The van der Waals surface area contributed by atoms with Gasteiger partial charge in [0.15, 0.2) is 0 Å². The fourth-order valence-corrected chi connectivity index (χ4v) is 5.67. The number of nitrogens with one attached hydrogen (secondary N) is 1. The van der Waals surface area contributed by atoms with E-state index in [-0.39, 0.29) is 39.8 Å². The van der Waals surface area contributed by atoms with Crippen LogP contribution >= 0.6 is 0 Å². The Hall–Kier alpha value is -1.79. The molecule has 0 spiro atoms. The SMILES string of the molecule is C=C(C)[C@@H]1CCC(C)=C[C@H]1c1c(O)cc(CCC)c(S(=O)(=O)NC(C)C)c1O. The lowest BCUT2D eigenvalue weighted by atomic mass is 9.73. The summed E-state index contributed by atoms with van der Waals surface area (Å²) in [6.07, 6.45) is 4.93. The quantitative estimate of drug-likeness (QED) is 0.569. The molecule has 156 valence electrons. The first-order chi connectivity index (χ1) is 13.0. The first-order valence-corrected chi connectivity index (χ1v) is 11.4. The van der Waals surface area contributed by atoms with Crippen molar-refractivity contribution >= 4 is 10.0 Å². The Morgan fingerprint density at radius 3 is 2.54 bits per heavy atom. The van der Waals surface area contributed by atoms with Crippen LogP contribution in [0, 0.1) is 5.92 Å². The molecule has 0 heterocycles. The molecule has 6 heteroatoms. The fourth-order valence-electron chi connectivity index (χ4n) is 4.06. The lowest BCUT2D eigenvalue weighted by molar-refractivity contribution is 0.397. The second-order valence-electron chi connectivity index (χ2n) is 8.20. The Balaban J connectivity index is 2.77. The number of aromatic hydroxyl groups is 2. The van der Waals surface area contributed by atoms with E-state index < -0.39 is 10.0 Å². The number of aryl methyl sites for hydroxylation is 1. The third-order valence-electron chi connectivity index (χ3n) is 5.24. The molecule has 28 heavy (non-hydrogen) atoms. The van der Waals surface area contributed by atoms with Gasteiger partial charge in [0.05, 0.1) is 0 Å². The standard InChI is InChI=1S/C22H33NO4S/c1-7-8-16-12-19(24)20(18-11-15(6)9-10-17(18)13(2)3)21(25)22(16)28(26,27)23-14(4)5/h11-12,14,17-18,23-25H,2,7-10H2,1,3-6H3/t17-,18+/m0/s1. The maximum Gasteiger partial charge on any atom is 0.244 e. The molecule has 3 N–H and O–H groups in total. The largest absolute Gasteiger partial charge is 0.507 e. The highest BCUT2D eigenvalue weighted by Crippen LogP contribution is 2.49. The van der Waals surface area contributed by atoms with Crippen molar-refractivity contribution < 1.29 is 18.6 Å². The van der Waals surface area contributed by atoms with Gasteiger partial charge in [-0.3, -0.25) is 0 Å². The Morgan fingerprint density at radius 2 is 2.00 bits per heavy atom. The van der Waals surface area contributed by atoms with Gasteiger partial charge >= 0.3 is 0 Å². The van der Waals surface area contributed by atoms with Crippen LogP contribution in [0.2, 0.25) is 0 Å². The highest BCUT2D eigenvalue weighted by molar-refractivity contribution is 7.89. The van der Waals surface area contributed by atoms with Crippen molar-refractivity contribution in [2.24, 2.45) is 5.92 Å². The van der Waals surface area contributed by atoms with E-state index in [0.717, 1.165) is 24.0 Å². The average Bonchev–Trinajstić information content (AvgIpc) is 2.52. The van der Waals surface area contributed by atoms with E-state index in [9.17, 15) is 18.6 Å².